The SMILES string of the molecule is COC(=O)C[C@]1(CN=C=O)C[C@@H]2CCC[C@@H]21. The molecule has 0 N–H and O–H groups in total. The summed E-state index contributed by atoms with van der Waals surface area (Å²) >= 11 is 0. The number of aliphatic imine (C=N–C) groups is 1. The quantitative estimate of drug-likeness (QED) is 0.414. The van der Waals surface area contributed by atoms with Crippen LogP contribution in [0.1, 0.15) is 32.1 Å². The smallest absolute Gasteiger partial charge is 0.306 e. The van der Waals surface area contributed by atoms with E-state index in [2.05, 4.69) is 4.99 Å². The lowest BCUT2D eigenvalue weighted by Crippen LogP contribution is -2.48. The highest BCUT2D eigenvalue weighted by Gasteiger charge is 2.56. The minimum absolute atomic E-state index is 0.105. The van der Waals surface area contributed by atoms with Crippen molar-refractivity contribution in [1.29, 1.82) is 0 Å². The van der Waals surface area contributed by atoms with Gasteiger partial charge in [-0.2, -0.15) is 0 Å². The molecular formula is C12H17NO3. The molecule has 3 atom stereocenters. The summed E-state index contributed by atoms with van der Waals surface area (Å²) in [6, 6.07) is 0. The molecule has 0 aromatic heterocycles. The van der Waals surface area contributed by atoms with E-state index in [1.807, 2.05) is 0 Å². The van der Waals surface area contributed by atoms with Crippen molar-refractivity contribution in [2.24, 2.45) is 22.2 Å². The van der Waals surface area contributed by atoms with E-state index in [0.717, 1.165) is 18.8 Å². The van der Waals surface area contributed by atoms with Crippen LogP contribution in [0.25, 0.3) is 0 Å². The molecule has 0 bridgehead atoms. The van der Waals surface area contributed by atoms with Crippen molar-refractivity contribution in [1.82, 2.24) is 0 Å². The maximum Gasteiger partial charge on any atom is 0.306 e. The molecule has 2 saturated carbocycles. The highest BCUT2D eigenvalue weighted by Crippen LogP contribution is 2.61. The zero-order chi connectivity index (χ0) is 11.6. The second-order valence-electron chi connectivity index (χ2n) is 5.02. The molecule has 2 rings (SSSR count). The van der Waals surface area contributed by atoms with Crippen molar-refractivity contribution in [3.8, 4) is 0 Å². The molecule has 88 valence electrons. The summed E-state index contributed by atoms with van der Waals surface area (Å²) in [7, 11) is 1.41. The summed E-state index contributed by atoms with van der Waals surface area (Å²) in [6.07, 6.45) is 6.66. The van der Waals surface area contributed by atoms with E-state index in [1.165, 1.54) is 20.0 Å². The average molecular weight is 223 g/mol. The van der Waals surface area contributed by atoms with Gasteiger partial charge >= 0.3 is 5.97 Å². The van der Waals surface area contributed by atoms with Crippen molar-refractivity contribution < 1.29 is 14.3 Å². The van der Waals surface area contributed by atoms with Crippen LogP contribution in [-0.2, 0) is 14.3 Å². The molecule has 0 heterocycles. The zero-order valence-electron chi connectivity index (χ0n) is 9.57. The third-order valence-electron chi connectivity index (χ3n) is 4.30. The molecule has 0 radical (unpaired) electrons. The van der Waals surface area contributed by atoms with Crippen molar-refractivity contribution in [3.63, 3.8) is 0 Å². The van der Waals surface area contributed by atoms with Gasteiger partial charge in [0.15, 0.2) is 0 Å². The Hall–Kier alpha value is -1.15. The molecular weight excluding hydrogens is 206 g/mol. The Bertz CT molecular complexity index is 335. The van der Waals surface area contributed by atoms with Crippen LogP contribution in [-0.4, -0.2) is 25.7 Å². The van der Waals surface area contributed by atoms with E-state index in [0.29, 0.717) is 18.9 Å². The number of carbonyl (C=O) groups is 1. The minimum Gasteiger partial charge on any atom is -0.469 e. The molecule has 2 aliphatic carbocycles. The summed E-state index contributed by atoms with van der Waals surface area (Å²) in [5.41, 5.74) is -0.105. The van der Waals surface area contributed by atoms with Crippen molar-refractivity contribution in [2.75, 3.05) is 13.7 Å². The molecule has 0 aromatic rings. The van der Waals surface area contributed by atoms with Gasteiger partial charge in [0.25, 0.3) is 0 Å². The molecule has 16 heavy (non-hydrogen) atoms. The number of ether oxygens (including phenoxy) is 1. The number of hydrogen-bond donors (Lipinski definition) is 0. The molecule has 4 heteroatoms. The van der Waals surface area contributed by atoms with Gasteiger partial charge in [-0.1, -0.05) is 12.8 Å². The standard InChI is InChI=1S/C12H17NO3/c1-16-11(15)6-12(7-13-8-14)5-9-3-2-4-10(9)12/h9-10H,2-7H2,1H3/t9-,10-,12-/m0/s1. The summed E-state index contributed by atoms with van der Waals surface area (Å²) in [6.45, 7) is 0.437. The molecule has 4 nitrogen and oxygen atoms in total. The van der Waals surface area contributed by atoms with Crippen molar-refractivity contribution in [2.45, 2.75) is 32.1 Å². The van der Waals surface area contributed by atoms with Gasteiger partial charge in [-0.15, -0.1) is 0 Å². The van der Waals surface area contributed by atoms with Crippen LogP contribution in [0.2, 0.25) is 0 Å². The van der Waals surface area contributed by atoms with E-state index in [4.69, 9.17) is 4.74 Å². The predicted molar refractivity (Wildman–Crippen MR) is 57.5 cm³/mol. The van der Waals surface area contributed by atoms with Crippen LogP contribution in [0.5, 0.6) is 0 Å². The van der Waals surface area contributed by atoms with Gasteiger partial charge in [0.2, 0.25) is 6.08 Å². The fourth-order valence-electron chi connectivity index (χ4n) is 3.59. The number of nitrogens with zero attached hydrogens (tertiary/aromatic N) is 1. The second kappa shape index (κ2) is 4.38. The van der Waals surface area contributed by atoms with Gasteiger partial charge in [0.1, 0.15) is 0 Å². The Morgan fingerprint density at radius 1 is 1.56 bits per heavy atom. The number of fused-ring (bicyclic) bond motifs is 1. The average Bonchev–Trinajstić information content (AvgIpc) is 2.67. The number of rotatable bonds is 4. The Kier molecular flexibility index (Phi) is 3.10. The maximum atomic E-state index is 11.4. The maximum absolute atomic E-state index is 11.4. The fraction of sp³-hybridized carbons (Fsp3) is 0.833. The van der Waals surface area contributed by atoms with Crippen molar-refractivity contribution >= 4 is 12.0 Å². The molecule has 2 aliphatic rings. The van der Waals surface area contributed by atoms with E-state index in [1.54, 1.807) is 6.08 Å². The largest absolute Gasteiger partial charge is 0.469 e. The monoisotopic (exact) mass is 223 g/mol. The summed E-state index contributed by atoms with van der Waals surface area (Å²) < 4.78 is 4.73. The number of methoxy groups -OCH3 is 1. The fourth-order valence-corrected chi connectivity index (χ4v) is 3.59. The van der Waals surface area contributed by atoms with E-state index < -0.39 is 0 Å². The molecule has 0 unspecified atom stereocenters. The topological polar surface area (TPSA) is 55.7 Å². The molecule has 0 saturated heterocycles. The van der Waals surface area contributed by atoms with E-state index in [9.17, 15) is 9.59 Å². The first-order valence-corrected chi connectivity index (χ1v) is 5.82. The molecule has 2 fully saturated rings. The van der Waals surface area contributed by atoms with Crippen molar-refractivity contribution in [3.05, 3.63) is 0 Å². The lowest BCUT2D eigenvalue weighted by molar-refractivity contribution is -0.148. The summed E-state index contributed by atoms with van der Waals surface area (Å²) in [5, 5.41) is 0. The van der Waals surface area contributed by atoms with Gasteiger partial charge in [0, 0.05) is 5.41 Å². The third-order valence-corrected chi connectivity index (χ3v) is 4.30. The van der Waals surface area contributed by atoms with Crippen LogP contribution >= 0.6 is 0 Å². The number of carbonyl (C=O) groups excluding carboxylic acids is 2. The van der Waals surface area contributed by atoms with Crippen LogP contribution < -0.4 is 0 Å². The molecule has 0 aromatic carbocycles. The third kappa shape index (κ3) is 1.78. The van der Waals surface area contributed by atoms with Gasteiger partial charge in [-0.25, -0.2) is 9.79 Å². The van der Waals surface area contributed by atoms with Gasteiger partial charge in [-0.3, -0.25) is 4.79 Å². The van der Waals surface area contributed by atoms with Gasteiger partial charge in [0.05, 0.1) is 20.1 Å². The molecule has 0 amide bonds. The number of esters is 1. The second-order valence-corrected chi connectivity index (χ2v) is 5.02. The summed E-state index contributed by atoms with van der Waals surface area (Å²) in [5.74, 6) is 1.11. The van der Waals surface area contributed by atoms with Crippen LogP contribution in [0, 0.1) is 17.3 Å². The van der Waals surface area contributed by atoms with E-state index in [-0.39, 0.29) is 11.4 Å². The molecule has 0 aliphatic heterocycles. The lowest BCUT2D eigenvalue weighted by atomic mass is 9.53. The van der Waals surface area contributed by atoms with Gasteiger partial charge in [-0.05, 0) is 24.7 Å². The van der Waals surface area contributed by atoms with Crippen LogP contribution in [0.4, 0.5) is 0 Å². The Morgan fingerprint density at radius 3 is 3.00 bits per heavy atom. The predicted octanol–water partition coefficient (Wildman–Crippen LogP) is 1.69. The number of isocyanates is 1. The highest BCUT2D eigenvalue weighted by atomic mass is 16.5. The first-order valence-electron chi connectivity index (χ1n) is 5.82. The Labute approximate surface area is 95.1 Å². The number of hydrogen-bond acceptors (Lipinski definition) is 4. The lowest BCUT2D eigenvalue weighted by Gasteiger charge is -2.51. The Morgan fingerprint density at radius 2 is 2.38 bits per heavy atom. The first kappa shape index (κ1) is 11.3. The minimum atomic E-state index is -0.188. The Balaban J connectivity index is 2.07. The van der Waals surface area contributed by atoms with E-state index >= 15 is 0 Å². The normalized spacial score (nSPS) is 35.8. The molecule has 0 spiro atoms. The zero-order valence-corrected chi connectivity index (χ0v) is 9.57. The van der Waals surface area contributed by atoms with Crippen LogP contribution in [0.15, 0.2) is 4.99 Å². The van der Waals surface area contributed by atoms with Gasteiger partial charge < -0.3 is 4.74 Å². The first-order chi connectivity index (χ1) is 7.72. The summed E-state index contributed by atoms with van der Waals surface area (Å²) in [4.78, 5) is 25.3. The highest BCUT2D eigenvalue weighted by molar-refractivity contribution is 5.70. The van der Waals surface area contributed by atoms with Crippen LogP contribution in [0.3, 0.4) is 0 Å².